The molecule has 1 aliphatic heterocycles. The fraction of sp³-hybridized carbons (Fsp3) is 0.208. The number of amides is 2. The first-order chi connectivity index (χ1) is 15.1. The molecule has 2 heterocycles. The molecule has 0 radical (unpaired) electrons. The van der Waals surface area contributed by atoms with Crippen LogP contribution in [0.1, 0.15) is 20.7 Å². The average molecular weight is 416 g/mol. The first kappa shape index (κ1) is 20.4. The van der Waals surface area contributed by atoms with Crippen molar-refractivity contribution < 1.29 is 14.3 Å². The zero-order chi connectivity index (χ0) is 21.6. The molecule has 31 heavy (non-hydrogen) atoms. The third-order valence-electron chi connectivity index (χ3n) is 5.27. The van der Waals surface area contributed by atoms with Crippen molar-refractivity contribution in [1.29, 1.82) is 0 Å². The Labute approximate surface area is 181 Å². The summed E-state index contributed by atoms with van der Waals surface area (Å²) in [4.78, 5) is 33.5. The third-order valence-corrected chi connectivity index (χ3v) is 5.27. The number of rotatable bonds is 5. The fourth-order valence-electron chi connectivity index (χ4n) is 3.49. The lowest BCUT2D eigenvalue weighted by Crippen LogP contribution is -2.49. The van der Waals surface area contributed by atoms with Crippen molar-refractivity contribution in [1.82, 2.24) is 9.88 Å². The van der Waals surface area contributed by atoms with Crippen LogP contribution in [-0.4, -0.2) is 55.0 Å². The highest BCUT2D eigenvalue weighted by molar-refractivity contribution is 6.04. The Hall–Kier alpha value is -3.87. The van der Waals surface area contributed by atoms with Crippen molar-refractivity contribution in [2.75, 3.05) is 43.5 Å². The van der Waals surface area contributed by atoms with E-state index < -0.39 is 0 Å². The molecular formula is C24H24N4O3. The minimum atomic E-state index is -0.203. The van der Waals surface area contributed by atoms with Crippen LogP contribution in [0.25, 0.3) is 0 Å². The van der Waals surface area contributed by atoms with Gasteiger partial charge in [-0.3, -0.25) is 9.59 Å². The summed E-state index contributed by atoms with van der Waals surface area (Å²) in [6.45, 7) is 2.71. The number of piperazine rings is 1. The predicted molar refractivity (Wildman–Crippen MR) is 120 cm³/mol. The Morgan fingerprint density at radius 2 is 1.58 bits per heavy atom. The SMILES string of the molecule is COc1ccc(C(=O)Nc2ccc(N3CCN(C(=O)c4ccccc4)CC3)nc2)cc1. The molecule has 1 aromatic heterocycles. The number of nitrogens with zero attached hydrogens (tertiary/aromatic N) is 3. The van der Waals surface area contributed by atoms with Crippen LogP contribution >= 0.6 is 0 Å². The van der Waals surface area contributed by atoms with Gasteiger partial charge in [0.05, 0.1) is 19.0 Å². The van der Waals surface area contributed by atoms with Gasteiger partial charge in [-0.2, -0.15) is 0 Å². The van der Waals surface area contributed by atoms with Gasteiger partial charge in [0.1, 0.15) is 11.6 Å². The number of ether oxygens (including phenoxy) is 1. The van der Waals surface area contributed by atoms with Crippen molar-refractivity contribution >= 4 is 23.3 Å². The molecule has 7 heteroatoms. The molecule has 0 saturated carbocycles. The maximum absolute atomic E-state index is 12.6. The molecule has 7 nitrogen and oxygen atoms in total. The number of hydrogen-bond donors (Lipinski definition) is 1. The number of benzene rings is 2. The molecule has 0 bridgehead atoms. The second kappa shape index (κ2) is 9.30. The Balaban J connectivity index is 1.32. The van der Waals surface area contributed by atoms with E-state index in [-0.39, 0.29) is 11.8 Å². The van der Waals surface area contributed by atoms with Gasteiger partial charge in [0.15, 0.2) is 0 Å². The number of carbonyl (C=O) groups excluding carboxylic acids is 2. The molecule has 1 aliphatic rings. The van der Waals surface area contributed by atoms with Crippen LogP contribution in [0.5, 0.6) is 5.75 Å². The van der Waals surface area contributed by atoms with Crippen molar-refractivity contribution in [3.8, 4) is 5.75 Å². The van der Waals surface area contributed by atoms with Crippen molar-refractivity contribution in [3.05, 3.63) is 84.1 Å². The zero-order valence-corrected chi connectivity index (χ0v) is 17.3. The summed E-state index contributed by atoms with van der Waals surface area (Å²) < 4.78 is 5.11. The van der Waals surface area contributed by atoms with Crippen LogP contribution in [0, 0.1) is 0 Å². The number of methoxy groups -OCH3 is 1. The molecule has 2 amide bonds. The molecular weight excluding hydrogens is 392 g/mol. The smallest absolute Gasteiger partial charge is 0.255 e. The molecule has 1 saturated heterocycles. The van der Waals surface area contributed by atoms with Crippen molar-refractivity contribution in [3.63, 3.8) is 0 Å². The number of anilines is 2. The maximum Gasteiger partial charge on any atom is 0.255 e. The van der Waals surface area contributed by atoms with Crippen molar-refractivity contribution in [2.24, 2.45) is 0 Å². The Kier molecular flexibility index (Phi) is 6.12. The van der Waals surface area contributed by atoms with E-state index in [1.54, 1.807) is 37.6 Å². The topological polar surface area (TPSA) is 74.8 Å². The fourth-order valence-corrected chi connectivity index (χ4v) is 3.49. The van der Waals surface area contributed by atoms with Crippen LogP contribution in [0.3, 0.4) is 0 Å². The molecule has 158 valence electrons. The normalized spacial score (nSPS) is 13.6. The lowest BCUT2D eigenvalue weighted by Gasteiger charge is -2.35. The highest BCUT2D eigenvalue weighted by Crippen LogP contribution is 2.18. The van der Waals surface area contributed by atoms with Crippen LogP contribution < -0.4 is 15.0 Å². The van der Waals surface area contributed by atoms with Crippen LogP contribution in [-0.2, 0) is 0 Å². The van der Waals surface area contributed by atoms with E-state index in [2.05, 4.69) is 15.2 Å². The van der Waals surface area contributed by atoms with Gasteiger partial charge in [-0.05, 0) is 48.5 Å². The molecule has 0 aliphatic carbocycles. The second-order valence-electron chi connectivity index (χ2n) is 7.23. The van der Waals surface area contributed by atoms with Gasteiger partial charge in [0, 0.05) is 37.3 Å². The highest BCUT2D eigenvalue weighted by Gasteiger charge is 2.22. The van der Waals surface area contributed by atoms with Gasteiger partial charge in [-0.15, -0.1) is 0 Å². The Bertz CT molecular complexity index is 1030. The maximum atomic E-state index is 12.6. The van der Waals surface area contributed by atoms with E-state index in [4.69, 9.17) is 4.74 Å². The molecule has 2 aromatic carbocycles. The summed E-state index contributed by atoms with van der Waals surface area (Å²) in [5.41, 5.74) is 1.89. The quantitative estimate of drug-likeness (QED) is 0.691. The lowest BCUT2D eigenvalue weighted by molar-refractivity contribution is 0.0746. The Morgan fingerprint density at radius 3 is 2.19 bits per heavy atom. The van der Waals surface area contributed by atoms with Gasteiger partial charge in [0.25, 0.3) is 11.8 Å². The lowest BCUT2D eigenvalue weighted by atomic mass is 10.2. The number of pyridine rings is 1. The predicted octanol–water partition coefficient (Wildman–Crippen LogP) is 3.30. The van der Waals surface area contributed by atoms with Gasteiger partial charge >= 0.3 is 0 Å². The van der Waals surface area contributed by atoms with E-state index in [1.807, 2.05) is 47.4 Å². The monoisotopic (exact) mass is 416 g/mol. The van der Waals surface area contributed by atoms with Gasteiger partial charge in [0.2, 0.25) is 0 Å². The zero-order valence-electron chi connectivity index (χ0n) is 17.3. The summed E-state index contributed by atoms with van der Waals surface area (Å²) in [7, 11) is 1.59. The van der Waals surface area contributed by atoms with E-state index >= 15 is 0 Å². The van der Waals surface area contributed by atoms with E-state index in [9.17, 15) is 9.59 Å². The number of hydrogen-bond acceptors (Lipinski definition) is 5. The summed E-state index contributed by atoms with van der Waals surface area (Å²) in [5, 5.41) is 2.85. The number of nitrogens with one attached hydrogen (secondary N) is 1. The molecule has 3 aromatic rings. The van der Waals surface area contributed by atoms with Crippen LogP contribution in [0.4, 0.5) is 11.5 Å². The summed E-state index contributed by atoms with van der Waals surface area (Å²) in [6, 6.07) is 20.0. The minimum Gasteiger partial charge on any atom is -0.497 e. The summed E-state index contributed by atoms with van der Waals surface area (Å²) >= 11 is 0. The van der Waals surface area contributed by atoms with Gasteiger partial charge < -0.3 is 19.9 Å². The molecule has 0 atom stereocenters. The summed E-state index contributed by atoms with van der Waals surface area (Å²) in [5.74, 6) is 1.39. The van der Waals surface area contributed by atoms with E-state index in [0.29, 0.717) is 48.7 Å². The molecule has 0 unspecified atom stereocenters. The average Bonchev–Trinajstić information content (AvgIpc) is 2.85. The largest absolute Gasteiger partial charge is 0.497 e. The second-order valence-corrected chi connectivity index (χ2v) is 7.23. The minimum absolute atomic E-state index is 0.0600. The van der Waals surface area contributed by atoms with Crippen molar-refractivity contribution in [2.45, 2.75) is 0 Å². The van der Waals surface area contributed by atoms with Gasteiger partial charge in [-0.1, -0.05) is 18.2 Å². The first-order valence-corrected chi connectivity index (χ1v) is 10.1. The third kappa shape index (κ3) is 4.83. The standard InChI is InChI=1S/C24H24N4O3/c1-31-21-10-7-18(8-11-21)23(29)26-20-9-12-22(25-17-20)27-13-15-28(16-14-27)24(30)19-5-3-2-4-6-19/h2-12,17H,13-16H2,1H3,(H,26,29). The van der Waals surface area contributed by atoms with E-state index in [0.717, 1.165) is 5.82 Å². The van der Waals surface area contributed by atoms with E-state index in [1.165, 1.54) is 0 Å². The molecule has 4 rings (SSSR count). The van der Waals surface area contributed by atoms with Crippen LogP contribution in [0.15, 0.2) is 72.9 Å². The molecule has 1 fully saturated rings. The molecule has 1 N–H and O–H groups in total. The number of aromatic nitrogens is 1. The van der Waals surface area contributed by atoms with Gasteiger partial charge in [-0.25, -0.2) is 4.98 Å². The highest BCUT2D eigenvalue weighted by atomic mass is 16.5. The first-order valence-electron chi connectivity index (χ1n) is 10.1. The Morgan fingerprint density at radius 1 is 0.871 bits per heavy atom. The number of carbonyl (C=O) groups is 2. The summed E-state index contributed by atoms with van der Waals surface area (Å²) in [6.07, 6.45) is 1.65. The molecule has 0 spiro atoms. The van der Waals surface area contributed by atoms with Crippen LogP contribution in [0.2, 0.25) is 0 Å².